The van der Waals surface area contributed by atoms with Gasteiger partial charge in [0.25, 0.3) is 5.56 Å². The van der Waals surface area contributed by atoms with Crippen molar-refractivity contribution in [2.45, 2.75) is 6.54 Å². The van der Waals surface area contributed by atoms with E-state index in [1.54, 1.807) is 4.57 Å². The fraction of sp³-hybridized carbons (Fsp3) is 0.167. The van der Waals surface area contributed by atoms with Crippen LogP contribution in [-0.4, -0.2) is 16.1 Å². The molecule has 0 amide bonds. The highest BCUT2D eigenvalue weighted by molar-refractivity contribution is 9.10. The minimum atomic E-state index is -0.0853. The van der Waals surface area contributed by atoms with Crippen molar-refractivity contribution in [2.75, 3.05) is 11.9 Å². The minimum absolute atomic E-state index is 0.0853. The van der Waals surface area contributed by atoms with Crippen molar-refractivity contribution in [3.05, 3.63) is 56.6 Å². The topological polar surface area (TPSA) is 46.9 Å². The maximum Gasteiger partial charge on any atom is 0.267 e. The quantitative estimate of drug-likeness (QED) is 0.939. The van der Waals surface area contributed by atoms with Gasteiger partial charge < -0.3 is 5.32 Å². The molecular formula is C12H11BrClN3O. The second kappa shape index (κ2) is 6.02. The first-order valence-corrected chi connectivity index (χ1v) is 6.53. The van der Waals surface area contributed by atoms with Crippen LogP contribution in [0.25, 0.3) is 0 Å². The molecule has 0 saturated heterocycles. The number of rotatable bonds is 4. The fourth-order valence-electron chi connectivity index (χ4n) is 1.50. The van der Waals surface area contributed by atoms with Gasteiger partial charge in [0.2, 0.25) is 0 Å². The maximum atomic E-state index is 11.7. The molecule has 0 radical (unpaired) electrons. The Hall–Kier alpha value is -1.33. The van der Waals surface area contributed by atoms with E-state index in [9.17, 15) is 4.79 Å². The van der Waals surface area contributed by atoms with E-state index in [-0.39, 0.29) is 5.56 Å². The molecule has 1 N–H and O–H groups in total. The highest BCUT2D eigenvalue weighted by Gasteiger charge is 2.00. The Kier molecular flexibility index (Phi) is 4.38. The molecule has 2 rings (SSSR count). The van der Waals surface area contributed by atoms with E-state index in [0.29, 0.717) is 22.6 Å². The molecule has 1 aromatic heterocycles. The summed E-state index contributed by atoms with van der Waals surface area (Å²) in [5, 5.41) is 3.88. The molecular weight excluding hydrogens is 318 g/mol. The molecule has 1 heterocycles. The van der Waals surface area contributed by atoms with Crippen molar-refractivity contribution in [1.29, 1.82) is 0 Å². The molecule has 94 valence electrons. The summed E-state index contributed by atoms with van der Waals surface area (Å²) in [6.45, 7) is 1.16. The molecule has 0 unspecified atom stereocenters. The number of hydrogen-bond acceptors (Lipinski definition) is 3. The van der Waals surface area contributed by atoms with Crippen LogP contribution in [0.15, 0.2) is 46.1 Å². The average molecular weight is 329 g/mol. The SMILES string of the molecule is O=c1c(Br)cncn1CCNc1cccc(Cl)c1. The monoisotopic (exact) mass is 327 g/mol. The Labute approximate surface area is 118 Å². The van der Waals surface area contributed by atoms with Gasteiger partial charge in [-0.25, -0.2) is 4.98 Å². The second-order valence-corrected chi connectivity index (χ2v) is 4.97. The Bertz CT molecular complexity index is 600. The molecule has 0 aliphatic heterocycles. The van der Waals surface area contributed by atoms with Crippen LogP contribution in [0.3, 0.4) is 0 Å². The molecule has 2 aromatic rings. The normalized spacial score (nSPS) is 10.3. The van der Waals surface area contributed by atoms with Crippen molar-refractivity contribution in [3.63, 3.8) is 0 Å². The van der Waals surface area contributed by atoms with Gasteiger partial charge in [0.15, 0.2) is 0 Å². The van der Waals surface area contributed by atoms with Gasteiger partial charge in [-0.1, -0.05) is 17.7 Å². The lowest BCUT2D eigenvalue weighted by Gasteiger charge is -2.08. The number of anilines is 1. The lowest BCUT2D eigenvalue weighted by Crippen LogP contribution is -2.24. The summed E-state index contributed by atoms with van der Waals surface area (Å²) in [5.41, 5.74) is 0.844. The summed E-state index contributed by atoms with van der Waals surface area (Å²) in [6, 6.07) is 7.45. The Morgan fingerprint density at radius 2 is 2.28 bits per heavy atom. The van der Waals surface area contributed by atoms with E-state index in [1.807, 2.05) is 24.3 Å². The Balaban J connectivity index is 1.97. The number of nitrogens with one attached hydrogen (secondary N) is 1. The molecule has 0 aliphatic carbocycles. The van der Waals surface area contributed by atoms with Crippen molar-refractivity contribution in [3.8, 4) is 0 Å². The minimum Gasteiger partial charge on any atom is -0.383 e. The molecule has 0 atom stereocenters. The van der Waals surface area contributed by atoms with E-state index in [1.165, 1.54) is 12.5 Å². The van der Waals surface area contributed by atoms with Gasteiger partial charge in [0.05, 0.1) is 6.33 Å². The summed E-state index contributed by atoms with van der Waals surface area (Å²) in [7, 11) is 0. The van der Waals surface area contributed by atoms with Gasteiger partial charge in [0, 0.05) is 30.0 Å². The first kappa shape index (κ1) is 13.1. The summed E-state index contributed by atoms with van der Waals surface area (Å²) in [6.07, 6.45) is 3.01. The molecule has 0 fully saturated rings. The lowest BCUT2D eigenvalue weighted by atomic mass is 10.3. The van der Waals surface area contributed by atoms with E-state index >= 15 is 0 Å². The zero-order valence-corrected chi connectivity index (χ0v) is 11.8. The number of halogens is 2. The van der Waals surface area contributed by atoms with Gasteiger partial charge >= 0.3 is 0 Å². The fourth-order valence-corrected chi connectivity index (χ4v) is 2.04. The third kappa shape index (κ3) is 3.34. The van der Waals surface area contributed by atoms with E-state index in [0.717, 1.165) is 5.69 Å². The Morgan fingerprint density at radius 1 is 1.44 bits per heavy atom. The van der Waals surface area contributed by atoms with Crippen LogP contribution in [-0.2, 0) is 6.54 Å². The van der Waals surface area contributed by atoms with Crippen LogP contribution in [0, 0.1) is 0 Å². The number of aromatic nitrogens is 2. The van der Waals surface area contributed by atoms with Gasteiger partial charge in [-0.15, -0.1) is 0 Å². The highest BCUT2D eigenvalue weighted by atomic mass is 79.9. The van der Waals surface area contributed by atoms with Crippen LogP contribution < -0.4 is 10.9 Å². The van der Waals surface area contributed by atoms with Crippen LogP contribution in [0.2, 0.25) is 5.02 Å². The molecule has 0 bridgehead atoms. The van der Waals surface area contributed by atoms with Crippen molar-refractivity contribution in [2.24, 2.45) is 0 Å². The summed E-state index contributed by atoms with van der Waals surface area (Å²) >= 11 is 9.03. The predicted octanol–water partition coefficient (Wildman–Crippen LogP) is 2.77. The van der Waals surface area contributed by atoms with Crippen LogP contribution >= 0.6 is 27.5 Å². The molecule has 6 heteroatoms. The molecule has 18 heavy (non-hydrogen) atoms. The zero-order valence-electron chi connectivity index (χ0n) is 9.44. The lowest BCUT2D eigenvalue weighted by molar-refractivity contribution is 0.676. The standard InChI is InChI=1S/C12H11BrClN3O/c13-11-7-15-8-17(12(11)18)5-4-16-10-3-1-2-9(14)6-10/h1-3,6-8,16H,4-5H2. The molecule has 1 aromatic carbocycles. The van der Waals surface area contributed by atoms with Gasteiger partial charge in [-0.3, -0.25) is 9.36 Å². The Morgan fingerprint density at radius 3 is 3.06 bits per heavy atom. The second-order valence-electron chi connectivity index (χ2n) is 3.68. The van der Waals surface area contributed by atoms with Crippen molar-refractivity contribution in [1.82, 2.24) is 9.55 Å². The van der Waals surface area contributed by atoms with E-state index < -0.39 is 0 Å². The first-order chi connectivity index (χ1) is 8.66. The number of hydrogen-bond donors (Lipinski definition) is 1. The third-order valence-corrected chi connectivity index (χ3v) is 3.14. The van der Waals surface area contributed by atoms with Gasteiger partial charge in [0.1, 0.15) is 4.47 Å². The zero-order chi connectivity index (χ0) is 13.0. The maximum absolute atomic E-state index is 11.7. The predicted molar refractivity (Wildman–Crippen MR) is 76.1 cm³/mol. The summed E-state index contributed by atoms with van der Waals surface area (Å²) in [5.74, 6) is 0. The van der Waals surface area contributed by atoms with Gasteiger partial charge in [-0.05, 0) is 34.1 Å². The van der Waals surface area contributed by atoms with Gasteiger partial charge in [-0.2, -0.15) is 0 Å². The molecule has 0 saturated carbocycles. The molecule has 0 spiro atoms. The molecule has 0 aliphatic rings. The van der Waals surface area contributed by atoms with Crippen LogP contribution in [0.4, 0.5) is 5.69 Å². The van der Waals surface area contributed by atoms with Crippen molar-refractivity contribution >= 4 is 33.2 Å². The average Bonchev–Trinajstić information content (AvgIpc) is 2.35. The number of nitrogens with zero attached hydrogens (tertiary/aromatic N) is 2. The first-order valence-electron chi connectivity index (χ1n) is 5.36. The van der Waals surface area contributed by atoms with Crippen molar-refractivity contribution < 1.29 is 0 Å². The third-order valence-electron chi connectivity index (χ3n) is 2.37. The summed E-state index contributed by atoms with van der Waals surface area (Å²) < 4.78 is 2.01. The van der Waals surface area contributed by atoms with Crippen LogP contribution in [0.1, 0.15) is 0 Å². The number of benzene rings is 1. The molecule has 4 nitrogen and oxygen atoms in total. The smallest absolute Gasteiger partial charge is 0.267 e. The highest BCUT2D eigenvalue weighted by Crippen LogP contribution is 2.14. The largest absolute Gasteiger partial charge is 0.383 e. The summed E-state index contributed by atoms with van der Waals surface area (Å²) in [4.78, 5) is 15.6. The van der Waals surface area contributed by atoms with Crippen LogP contribution in [0.5, 0.6) is 0 Å². The van der Waals surface area contributed by atoms with E-state index in [4.69, 9.17) is 11.6 Å². The van der Waals surface area contributed by atoms with E-state index in [2.05, 4.69) is 26.2 Å².